The average Bonchev–Trinajstić information content (AvgIpc) is 2.74. The van der Waals surface area contributed by atoms with Crippen LogP contribution in [-0.2, 0) is 21.3 Å². The molecule has 29 heavy (non-hydrogen) atoms. The molecule has 156 valence electrons. The molecule has 0 amide bonds. The van der Waals surface area contributed by atoms with E-state index in [1.54, 1.807) is 12.1 Å². The Morgan fingerprint density at radius 3 is 2.28 bits per heavy atom. The van der Waals surface area contributed by atoms with E-state index in [0.717, 1.165) is 6.54 Å². The van der Waals surface area contributed by atoms with E-state index in [0.29, 0.717) is 32.1 Å². The van der Waals surface area contributed by atoms with Gasteiger partial charge < -0.3 is 4.74 Å². The zero-order chi connectivity index (χ0) is 21.0. The summed E-state index contributed by atoms with van der Waals surface area (Å²) in [4.78, 5) is 14.1. The van der Waals surface area contributed by atoms with Gasteiger partial charge in [-0.05, 0) is 35.2 Å². The molecule has 1 fully saturated rings. The summed E-state index contributed by atoms with van der Waals surface area (Å²) in [5.41, 5.74) is 2.78. The van der Waals surface area contributed by atoms with Crippen molar-refractivity contribution in [3.05, 3.63) is 65.2 Å². The molecule has 1 aliphatic rings. The van der Waals surface area contributed by atoms with Crippen LogP contribution in [0.4, 0.5) is 0 Å². The number of nitrogens with zero attached hydrogens (tertiary/aromatic N) is 2. The number of esters is 1. The van der Waals surface area contributed by atoms with Gasteiger partial charge in [0.15, 0.2) is 0 Å². The smallest absolute Gasteiger partial charge is 0.337 e. The summed E-state index contributed by atoms with van der Waals surface area (Å²) in [5.74, 6) is -0.0363. The minimum Gasteiger partial charge on any atom is -0.465 e. The third-order valence-corrected chi connectivity index (χ3v) is 7.17. The van der Waals surface area contributed by atoms with Crippen molar-refractivity contribution >= 4 is 16.0 Å². The summed E-state index contributed by atoms with van der Waals surface area (Å²) in [6, 6.07) is 14.6. The zero-order valence-electron chi connectivity index (χ0n) is 17.2. The molecule has 0 N–H and O–H groups in total. The Bertz CT molecular complexity index is 947. The summed E-state index contributed by atoms with van der Waals surface area (Å²) in [7, 11) is -2.36. The molecule has 1 saturated heterocycles. The van der Waals surface area contributed by atoms with Gasteiger partial charge in [-0.3, -0.25) is 4.90 Å². The van der Waals surface area contributed by atoms with Crippen LogP contribution in [0.3, 0.4) is 0 Å². The largest absolute Gasteiger partial charge is 0.465 e. The van der Waals surface area contributed by atoms with Gasteiger partial charge in [0.25, 0.3) is 0 Å². The lowest BCUT2D eigenvalue weighted by atomic mass is 10.0. The second-order valence-electron chi connectivity index (χ2n) is 7.60. The highest BCUT2D eigenvalue weighted by Crippen LogP contribution is 2.21. The van der Waals surface area contributed by atoms with Gasteiger partial charge >= 0.3 is 5.97 Å². The van der Waals surface area contributed by atoms with E-state index in [4.69, 9.17) is 0 Å². The summed E-state index contributed by atoms with van der Waals surface area (Å²) < 4.78 is 32.1. The van der Waals surface area contributed by atoms with E-state index in [1.165, 1.54) is 34.7 Å². The highest BCUT2D eigenvalue weighted by atomic mass is 32.2. The second kappa shape index (κ2) is 9.07. The maximum Gasteiger partial charge on any atom is 0.337 e. The number of rotatable bonds is 6. The van der Waals surface area contributed by atoms with Gasteiger partial charge in [-0.25, -0.2) is 13.2 Å². The van der Waals surface area contributed by atoms with Crippen LogP contribution in [0.15, 0.2) is 53.4 Å². The van der Waals surface area contributed by atoms with Gasteiger partial charge in [0, 0.05) is 32.7 Å². The maximum absolute atomic E-state index is 13.0. The first-order chi connectivity index (χ1) is 13.8. The van der Waals surface area contributed by atoms with Crippen LogP contribution in [0.2, 0.25) is 0 Å². The predicted octanol–water partition coefficient (Wildman–Crippen LogP) is 3.10. The molecule has 0 aliphatic carbocycles. The van der Waals surface area contributed by atoms with Gasteiger partial charge in [0.05, 0.1) is 17.6 Å². The van der Waals surface area contributed by atoms with E-state index in [2.05, 4.69) is 47.7 Å². The number of carbonyl (C=O) groups excluding carboxylic acids is 1. The van der Waals surface area contributed by atoms with Crippen molar-refractivity contribution in [2.45, 2.75) is 31.2 Å². The number of hydrogen-bond acceptors (Lipinski definition) is 5. The second-order valence-corrected chi connectivity index (χ2v) is 9.53. The zero-order valence-corrected chi connectivity index (χ0v) is 18.0. The van der Waals surface area contributed by atoms with E-state index >= 15 is 0 Å². The van der Waals surface area contributed by atoms with Crippen molar-refractivity contribution in [1.82, 2.24) is 9.21 Å². The minimum atomic E-state index is -3.64. The fourth-order valence-corrected chi connectivity index (χ4v) is 4.91. The van der Waals surface area contributed by atoms with Crippen molar-refractivity contribution in [3.8, 4) is 0 Å². The van der Waals surface area contributed by atoms with Crippen LogP contribution in [0.25, 0.3) is 0 Å². The Morgan fingerprint density at radius 2 is 1.69 bits per heavy atom. The molecule has 0 aromatic heterocycles. The topological polar surface area (TPSA) is 66.9 Å². The quantitative estimate of drug-likeness (QED) is 0.677. The van der Waals surface area contributed by atoms with Crippen molar-refractivity contribution in [3.63, 3.8) is 0 Å². The summed E-state index contributed by atoms with van der Waals surface area (Å²) >= 11 is 0. The molecule has 0 unspecified atom stereocenters. The number of ether oxygens (including phenoxy) is 1. The molecule has 7 heteroatoms. The molecule has 2 aromatic carbocycles. The Kier molecular flexibility index (Phi) is 6.72. The van der Waals surface area contributed by atoms with Gasteiger partial charge in [-0.1, -0.05) is 44.2 Å². The number of carbonyl (C=O) groups is 1. The van der Waals surface area contributed by atoms with Crippen LogP contribution in [0, 0.1) is 0 Å². The Hall–Kier alpha value is -2.22. The number of sulfonamides is 1. The SMILES string of the molecule is COC(=O)c1cccc(S(=O)(=O)N2CCN(Cc3ccc(C(C)C)cc3)CC2)c1. The number of benzene rings is 2. The normalized spacial score (nSPS) is 16.1. The number of methoxy groups -OCH3 is 1. The molecule has 0 atom stereocenters. The third-order valence-electron chi connectivity index (χ3n) is 5.28. The fraction of sp³-hybridized carbons (Fsp3) is 0.409. The summed E-state index contributed by atoms with van der Waals surface area (Å²) in [6.45, 7) is 7.35. The number of hydrogen-bond donors (Lipinski definition) is 0. The predicted molar refractivity (Wildman–Crippen MR) is 112 cm³/mol. The molecule has 3 rings (SSSR count). The molecule has 0 radical (unpaired) electrons. The first kappa shape index (κ1) is 21.5. The lowest BCUT2D eigenvalue weighted by Crippen LogP contribution is -2.48. The van der Waals surface area contributed by atoms with Crippen LogP contribution in [-0.4, -0.2) is 56.9 Å². The van der Waals surface area contributed by atoms with Crippen molar-refractivity contribution in [1.29, 1.82) is 0 Å². The summed E-state index contributed by atoms with van der Waals surface area (Å²) in [5, 5.41) is 0. The Morgan fingerprint density at radius 1 is 1.03 bits per heavy atom. The van der Waals surface area contributed by atoms with Crippen LogP contribution < -0.4 is 0 Å². The Balaban J connectivity index is 1.63. The van der Waals surface area contributed by atoms with E-state index in [1.807, 2.05) is 0 Å². The maximum atomic E-state index is 13.0. The van der Waals surface area contributed by atoms with Gasteiger partial charge in [0.2, 0.25) is 10.0 Å². The molecule has 0 spiro atoms. The molecule has 0 bridgehead atoms. The molecule has 1 aliphatic heterocycles. The Labute approximate surface area is 173 Å². The minimum absolute atomic E-state index is 0.123. The van der Waals surface area contributed by atoms with E-state index in [-0.39, 0.29) is 10.5 Å². The van der Waals surface area contributed by atoms with Gasteiger partial charge in [-0.15, -0.1) is 0 Å². The highest BCUT2D eigenvalue weighted by Gasteiger charge is 2.29. The highest BCUT2D eigenvalue weighted by molar-refractivity contribution is 7.89. The van der Waals surface area contributed by atoms with Crippen molar-refractivity contribution < 1.29 is 17.9 Å². The standard InChI is InChI=1S/C22H28N2O4S/c1-17(2)19-9-7-18(8-10-19)16-23-11-13-24(14-12-23)29(26,27)21-6-4-5-20(15-21)22(25)28-3/h4-10,15,17H,11-14,16H2,1-3H3. The van der Waals surface area contributed by atoms with Crippen molar-refractivity contribution in [2.75, 3.05) is 33.3 Å². The fourth-order valence-electron chi connectivity index (χ4n) is 3.44. The average molecular weight is 417 g/mol. The lowest BCUT2D eigenvalue weighted by molar-refractivity contribution is 0.0600. The molecular weight excluding hydrogens is 388 g/mol. The monoisotopic (exact) mass is 416 g/mol. The van der Waals surface area contributed by atoms with Gasteiger partial charge in [0.1, 0.15) is 0 Å². The number of piperazine rings is 1. The molecule has 6 nitrogen and oxygen atoms in total. The summed E-state index contributed by atoms with van der Waals surface area (Å²) in [6.07, 6.45) is 0. The molecular formula is C22H28N2O4S. The van der Waals surface area contributed by atoms with E-state index in [9.17, 15) is 13.2 Å². The van der Waals surface area contributed by atoms with Crippen molar-refractivity contribution in [2.24, 2.45) is 0 Å². The van der Waals surface area contributed by atoms with Crippen LogP contribution in [0.1, 0.15) is 41.3 Å². The first-order valence-corrected chi connectivity index (χ1v) is 11.2. The first-order valence-electron chi connectivity index (χ1n) is 9.81. The third kappa shape index (κ3) is 5.04. The molecule has 2 aromatic rings. The van der Waals surface area contributed by atoms with Crippen LogP contribution in [0.5, 0.6) is 0 Å². The van der Waals surface area contributed by atoms with Gasteiger partial charge in [-0.2, -0.15) is 4.31 Å². The lowest BCUT2D eigenvalue weighted by Gasteiger charge is -2.34. The van der Waals surface area contributed by atoms with E-state index < -0.39 is 16.0 Å². The molecule has 1 heterocycles. The molecule has 0 saturated carbocycles. The van der Waals surface area contributed by atoms with Crippen LogP contribution >= 0.6 is 0 Å².